The predicted octanol–water partition coefficient (Wildman–Crippen LogP) is 1.81. The number of fused-ring (bicyclic) bond motifs is 1. The number of aromatic nitrogens is 2. The highest BCUT2D eigenvalue weighted by Gasteiger charge is 2.32. The van der Waals surface area contributed by atoms with Crippen LogP contribution >= 0.6 is 11.6 Å². The van der Waals surface area contributed by atoms with Crippen molar-refractivity contribution in [1.82, 2.24) is 20.4 Å². The van der Waals surface area contributed by atoms with Crippen molar-refractivity contribution in [2.45, 2.75) is 19.4 Å². The number of hydrogen-bond acceptors (Lipinski definition) is 4. The fraction of sp³-hybridized carbons (Fsp3) is 0.529. The highest BCUT2D eigenvalue weighted by Crippen LogP contribution is 2.31. The Morgan fingerprint density at radius 2 is 2.29 bits per heavy atom. The zero-order chi connectivity index (χ0) is 17.3. The zero-order valence-corrected chi connectivity index (χ0v) is 15.0. The maximum Gasteiger partial charge on any atom is 0.227 e. The van der Waals surface area contributed by atoms with Crippen molar-refractivity contribution in [2.24, 2.45) is 13.0 Å². The summed E-state index contributed by atoms with van der Waals surface area (Å²) >= 11 is 6.30. The third-order valence-corrected chi connectivity index (χ3v) is 4.65. The van der Waals surface area contributed by atoms with Crippen molar-refractivity contribution in [3.8, 4) is 0 Å². The van der Waals surface area contributed by atoms with E-state index in [1.54, 1.807) is 4.68 Å². The maximum atomic E-state index is 12.7. The van der Waals surface area contributed by atoms with Crippen LogP contribution in [0.4, 0.5) is 0 Å². The zero-order valence-electron chi connectivity index (χ0n) is 14.2. The van der Waals surface area contributed by atoms with Gasteiger partial charge in [0.25, 0.3) is 0 Å². The number of hydrogen-bond donors (Lipinski definition) is 2. The molecule has 1 aromatic carbocycles. The second-order valence-corrected chi connectivity index (χ2v) is 7.11. The molecule has 0 radical (unpaired) electrons. The summed E-state index contributed by atoms with van der Waals surface area (Å²) in [5.74, 6) is -0.236. The highest BCUT2D eigenvalue weighted by molar-refractivity contribution is 6.35. The molecule has 1 amide bonds. The summed E-state index contributed by atoms with van der Waals surface area (Å²) in [7, 11) is 1.86. The molecule has 0 spiro atoms. The number of nitrogens with one attached hydrogen (secondary N) is 2. The first-order valence-corrected chi connectivity index (χ1v) is 8.50. The minimum absolute atomic E-state index is 0.0322. The van der Waals surface area contributed by atoms with Gasteiger partial charge in [0.15, 0.2) is 0 Å². The van der Waals surface area contributed by atoms with E-state index in [0.717, 1.165) is 23.1 Å². The van der Waals surface area contributed by atoms with Gasteiger partial charge in [-0.05, 0) is 19.9 Å². The van der Waals surface area contributed by atoms with Crippen LogP contribution in [0.2, 0.25) is 5.02 Å². The van der Waals surface area contributed by atoms with Crippen LogP contribution in [-0.4, -0.2) is 42.0 Å². The first-order valence-electron chi connectivity index (χ1n) is 8.12. The monoisotopic (exact) mass is 350 g/mol. The lowest BCUT2D eigenvalue weighted by atomic mass is 9.96. The van der Waals surface area contributed by atoms with E-state index >= 15 is 0 Å². The normalized spacial score (nSPS) is 19.2. The molecular weight excluding hydrogens is 328 g/mol. The van der Waals surface area contributed by atoms with Crippen molar-refractivity contribution in [3.05, 3.63) is 28.9 Å². The molecule has 2 heterocycles. The number of carbonyl (C=O) groups is 1. The molecule has 7 heteroatoms. The van der Waals surface area contributed by atoms with E-state index < -0.39 is 5.54 Å². The Morgan fingerprint density at radius 1 is 1.50 bits per heavy atom. The van der Waals surface area contributed by atoms with Gasteiger partial charge in [0.05, 0.1) is 40.9 Å². The minimum atomic E-state index is -0.617. The van der Waals surface area contributed by atoms with Gasteiger partial charge in [-0.3, -0.25) is 9.48 Å². The number of nitrogens with zero attached hydrogens (tertiary/aromatic N) is 2. The fourth-order valence-corrected chi connectivity index (χ4v) is 3.39. The van der Waals surface area contributed by atoms with Crippen LogP contribution in [0.15, 0.2) is 18.2 Å². The van der Waals surface area contributed by atoms with Gasteiger partial charge in [0.2, 0.25) is 5.91 Å². The first-order chi connectivity index (χ1) is 11.4. The summed E-state index contributed by atoms with van der Waals surface area (Å²) in [5.41, 5.74) is 1.06. The Balaban J connectivity index is 1.88. The third kappa shape index (κ3) is 3.27. The van der Waals surface area contributed by atoms with E-state index in [2.05, 4.69) is 15.7 Å². The number of carbonyl (C=O) groups excluding carboxylic acids is 1. The molecule has 3 rings (SSSR count). The molecule has 1 aromatic heterocycles. The van der Waals surface area contributed by atoms with E-state index in [9.17, 15) is 4.79 Å². The Bertz CT molecular complexity index is 748. The molecule has 1 aliphatic heterocycles. The molecule has 130 valence electrons. The Kier molecular flexibility index (Phi) is 4.80. The number of ether oxygens (including phenoxy) is 1. The third-order valence-electron chi connectivity index (χ3n) is 4.35. The second kappa shape index (κ2) is 6.70. The molecule has 0 bridgehead atoms. The van der Waals surface area contributed by atoms with Gasteiger partial charge in [-0.2, -0.15) is 5.10 Å². The van der Waals surface area contributed by atoms with Gasteiger partial charge in [0, 0.05) is 25.5 Å². The molecule has 2 N–H and O–H groups in total. The van der Waals surface area contributed by atoms with Crippen LogP contribution < -0.4 is 10.6 Å². The van der Waals surface area contributed by atoms with Crippen LogP contribution in [0.3, 0.4) is 0 Å². The summed E-state index contributed by atoms with van der Waals surface area (Å²) in [6.07, 6.45) is 0. The van der Waals surface area contributed by atoms with Gasteiger partial charge < -0.3 is 15.4 Å². The molecule has 0 aliphatic carbocycles. The summed E-state index contributed by atoms with van der Waals surface area (Å²) in [5, 5.41) is 12.5. The van der Waals surface area contributed by atoms with Gasteiger partial charge >= 0.3 is 0 Å². The summed E-state index contributed by atoms with van der Waals surface area (Å²) < 4.78 is 7.24. The molecule has 1 saturated heterocycles. The van der Waals surface area contributed by atoms with E-state index in [1.165, 1.54) is 0 Å². The Labute approximate surface area is 146 Å². The predicted molar refractivity (Wildman–Crippen MR) is 94.1 cm³/mol. The lowest BCUT2D eigenvalue weighted by Gasteiger charge is -2.27. The lowest BCUT2D eigenvalue weighted by Crippen LogP contribution is -2.47. The van der Waals surface area contributed by atoms with Gasteiger partial charge in [-0.1, -0.05) is 23.7 Å². The van der Waals surface area contributed by atoms with Gasteiger partial charge in [0.1, 0.15) is 0 Å². The molecular formula is C17H23ClN4O2. The van der Waals surface area contributed by atoms with Crippen LogP contribution in [-0.2, 0) is 22.1 Å². The highest BCUT2D eigenvalue weighted by atomic mass is 35.5. The van der Waals surface area contributed by atoms with Gasteiger partial charge in [-0.25, -0.2) is 0 Å². The van der Waals surface area contributed by atoms with Crippen molar-refractivity contribution in [3.63, 3.8) is 0 Å². The quantitative estimate of drug-likeness (QED) is 0.886. The van der Waals surface area contributed by atoms with Crippen molar-refractivity contribution >= 4 is 28.4 Å². The summed E-state index contributed by atoms with van der Waals surface area (Å²) in [6, 6.07) is 5.72. The van der Waals surface area contributed by atoms with E-state index in [0.29, 0.717) is 24.8 Å². The minimum Gasteiger partial charge on any atom is -0.379 e. The van der Waals surface area contributed by atoms with E-state index in [-0.39, 0.29) is 11.8 Å². The van der Waals surface area contributed by atoms with E-state index in [4.69, 9.17) is 16.3 Å². The van der Waals surface area contributed by atoms with Crippen molar-refractivity contribution in [2.75, 3.05) is 26.3 Å². The molecule has 6 nitrogen and oxygen atoms in total. The topological polar surface area (TPSA) is 68.2 Å². The molecule has 24 heavy (non-hydrogen) atoms. The molecule has 1 fully saturated rings. The number of rotatable bonds is 3. The molecule has 0 saturated carbocycles. The second-order valence-electron chi connectivity index (χ2n) is 6.70. The largest absolute Gasteiger partial charge is 0.379 e. The summed E-state index contributed by atoms with van der Waals surface area (Å²) in [4.78, 5) is 12.7. The maximum absolute atomic E-state index is 12.7. The SMILES string of the molecule is Cn1nc(C(C)(C)NC(=O)C2CNCCOC2)c2cccc(Cl)c21. The van der Waals surface area contributed by atoms with Crippen LogP contribution in [0, 0.1) is 5.92 Å². The summed E-state index contributed by atoms with van der Waals surface area (Å²) in [6.45, 7) is 6.38. The molecule has 1 aliphatic rings. The first kappa shape index (κ1) is 17.2. The number of amides is 1. The molecule has 1 unspecified atom stereocenters. The number of benzene rings is 1. The number of halogens is 1. The fourth-order valence-electron chi connectivity index (χ4n) is 3.09. The lowest BCUT2D eigenvalue weighted by molar-refractivity contribution is -0.128. The Morgan fingerprint density at radius 3 is 3.08 bits per heavy atom. The average molecular weight is 351 g/mol. The average Bonchev–Trinajstić information content (AvgIpc) is 2.72. The van der Waals surface area contributed by atoms with E-state index in [1.807, 2.05) is 39.1 Å². The van der Waals surface area contributed by atoms with Crippen molar-refractivity contribution < 1.29 is 9.53 Å². The standard InChI is InChI=1S/C17H23ClN4O2/c1-17(2,20-16(23)11-9-19-7-8-24-10-11)15-12-5-4-6-13(18)14(12)22(3)21-15/h4-6,11,19H,7-10H2,1-3H3,(H,20,23). The Hall–Kier alpha value is -1.63. The number of aryl methyl sites for hydroxylation is 1. The molecule has 1 atom stereocenters. The van der Waals surface area contributed by atoms with Gasteiger partial charge in [-0.15, -0.1) is 0 Å². The van der Waals surface area contributed by atoms with Crippen molar-refractivity contribution in [1.29, 1.82) is 0 Å². The smallest absolute Gasteiger partial charge is 0.227 e. The molecule has 2 aromatic rings. The van der Waals surface area contributed by atoms with Crippen LogP contribution in [0.5, 0.6) is 0 Å². The number of para-hydroxylation sites is 1. The van der Waals surface area contributed by atoms with Crippen LogP contribution in [0.25, 0.3) is 10.9 Å². The van der Waals surface area contributed by atoms with Crippen LogP contribution in [0.1, 0.15) is 19.5 Å².